The first kappa shape index (κ1) is 22.9. The van der Waals surface area contributed by atoms with Crippen LogP contribution in [0.2, 0.25) is 0 Å². The molecule has 0 spiro atoms. The predicted molar refractivity (Wildman–Crippen MR) is 115 cm³/mol. The fourth-order valence-corrected chi connectivity index (χ4v) is 4.41. The Balaban J connectivity index is 2.28. The van der Waals surface area contributed by atoms with E-state index in [-0.39, 0.29) is 35.1 Å². The van der Waals surface area contributed by atoms with Gasteiger partial charge in [0.2, 0.25) is 0 Å². The van der Waals surface area contributed by atoms with E-state index >= 15 is 0 Å². The number of nitrogens with one attached hydrogen (secondary N) is 2. The van der Waals surface area contributed by atoms with Crippen molar-refractivity contribution in [3.63, 3.8) is 0 Å². The molecule has 0 bridgehead atoms. The Bertz CT molecular complexity index is 998. The molecule has 1 amide bonds. The fourth-order valence-electron chi connectivity index (χ4n) is 2.65. The number of hydrogen-bond donors (Lipinski definition) is 2. The number of carbonyl (C=O) groups is 1. The van der Waals surface area contributed by atoms with E-state index < -0.39 is 25.6 Å². The van der Waals surface area contributed by atoms with Crippen molar-refractivity contribution in [3.8, 4) is 0 Å². The molecule has 9 heteroatoms. The lowest BCUT2D eigenvalue weighted by Gasteiger charge is -2.12. The summed E-state index contributed by atoms with van der Waals surface area (Å²) in [5.74, 6) is -0.964. The lowest BCUT2D eigenvalue weighted by molar-refractivity contribution is 0.0956. The van der Waals surface area contributed by atoms with Crippen LogP contribution in [-0.4, -0.2) is 40.8 Å². The summed E-state index contributed by atoms with van der Waals surface area (Å²) in [5, 5.41) is 5.80. The van der Waals surface area contributed by atoms with E-state index in [9.17, 15) is 21.6 Å². The van der Waals surface area contributed by atoms with Crippen molar-refractivity contribution >= 4 is 25.6 Å². The van der Waals surface area contributed by atoms with Gasteiger partial charge in [-0.2, -0.15) is 0 Å². The highest BCUT2D eigenvalue weighted by Crippen LogP contribution is 2.17. The van der Waals surface area contributed by atoms with E-state index in [0.29, 0.717) is 11.1 Å². The van der Waals surface area contributed by atoms with E-state index in [1.54, 1.807) is 26.1 Å². The summed E-state index contributed by atoms with van der Waals surface area (Å²) >= 11 is 0. The van der Waals surface area contributed by atoms with Gasteiger partial charge in [-0.25, -0.2) is 16.8 Å². The van der Waals surface area contributed by atoms with Crippen LogP contribution in [0.25, 0.3) is 0 Å². The molecule has 0 aliphatic carbocycles. The fraction of sp³-hybridized carbons (Fsp3) is 0.350. The maximum atomic E-state index is 12.6. The number of benzene rings is 1. The lowest BCUT2D eigenvalue weighted by atomic mass is 10.1. The van der Waals surface area contributed by atoms with Crippen LogP contribution in [0.1, 0.15) is 35.3 Å². The van der Waals surface area contributed by atoms with Gasteiger partial charge in [0.1, 0.15) is 0 Å². The highest BCUT2D eigenvalue weighted by atomic mass is 32.2. The van der Waals surface area contributed by atoms with Crippen molar-refractivity contribution in [1.29, 1.82) is 0 Å². The normalized spacial score (nSPS) is 14.1. The van der Waals surface area contributed by atoms with Gasteiger partial charge < -0.3 is 10.6 Å². The van der Waals surface area contributed by atoms with Crippen LogP contribution in [0.15, 0.2) is 54.4 Å². The van der Waals surface area contributed by atoms with Crippen LogP contribution >= 0.6 is 0 Å². The van der Waals surface area contributed by atoms with Crippen LogP contribution in [0.4, 0.5) is 0 Å². The number of amides is 1. The summed E-state index contributed by atoms with van der Waals surface area (Å²) in [6, 6.07) is 4.54. The molecule has 1 aliphatic heterocycles. The molecule has 7 nitrogen and oxygen atoms in total. The van der Waals surface area contributed by atoms with Gasteiger partial charge in [-0.3, -0.25) is 4.79 Å². The van der Waals surface area contributed by atoms with E-state index in [1.165, 1.54) is 12.1 Å². The van der Waals surface area contributed by atoms with Gasteiger partial charge in [0.15, 0.2) is 19.7 Å². The molecule has 0 atom stereocenters. The van der Waals surface area contributed by atoms with Gasteiger partial charge in [0.25, 0.3) is 5.91 Å². The van der Waals surface area contributed by atoms with Crippen LogP contribution in [0.3, 0.4) is 0 Å². The Morgan fingerprint density at radius 2 is 1.48 bits per heavy atom. The number of rotatable bonds is 9. The Morgan fingerprint density at radius 1 is 0.897 bits per heavy atom. The molecule has 2 N–H and O–H groups in total. The summed E-state index contributed by atoms with van der Waals surface area (Å²) in [7, 11) is -6.66. The standard InChI is InChI=1S/C20H26N2O5S2/c1-3-28(24,25)14-16-10-17(15-29(26,27)4-2)12-18(11-16)20(23)22-13-19-8-6-5-7-9-21-19/h5-12,21H,3-4,13-15H2,1-2H3,(H,22,23). The molecular weight excluding hydrogens is 412 g/mol. The summed E-state index contributed by atoms with van der Waals surface area (Å²) in [4.78, 5) is 12.6. The molecular formula is C20H26N2O5S2. The Hall–Kier alpha value is -2.39. The number of sulfone groups is 2. The molecule has 158 valence electrons. The SMILES string of the molecule is CCS(=O)(=O)Cc1cc(CS(=O)(=O)CC)cc(C(=O)NCC2=CC=CC=CN2)c1. The minimum absolute atomic E-state index is 0.0348. The summed E-state index contributed by atoms with van der Waals surface area (Å²) in [6.45, 7) is 3.34. The Labute approximate surface area is 172 Å². The van der Waals surface area contributed by atoms with Crippen molar-refractivity contribution in [2.75, 3.05) is 18.1 Å². The number of carbonyl (C=O) groups excluding carboxylic acids is 1. The van der Waals surface area contributed by atoms with Gasteiger partial charge in [0, 0.05) is 29.0 Å². The highest BCUT2D eigenvalue weighted by molar-refractivity contribution is 7.90. The van der Waals surface area contributed by atoms with E-state index in [0.717, 1.165) is 5.70 Å². The van der Waals surface area contributed by atoms with Crippen molar-refractivity contribution in [1.82, 2.24) is 10.6 Å². The van der Waals surface area contributed by atoms with Gasteiger partial charge in [-0.1, -0.05) is 32.1 Å². The van der Waals surface area contributed by atoms with Crippen molar-refractivity contribution in [3.05, 3.63) is 71.1 Å². The second-order valence-corrected chi connectivity index (χ2v) is 11.4. The molecule has 29 heavy (non-hydrogen) atoms. The molecule has 0 unspecified atom stereocenters. The zero-order valence-corrected chi connectivity index (χ0v) is 18.1. The smallest absolute Gasteiger partial charge is 0.251 e. The van der Waals surface area contributed by atoms with Gasteiger partial charge in [0.05, 0.1) is 18.1 Å². The molecule has 1 aliphatic rings. The minimum Gasteiger partial charge on any atom is -0.364 e. The maximum Gasteiger partial charge on any atom is 0.251 e. The Kier molecular flexibility index (Phi) is 7.80. The first-order valence-corrected chi connectivity index (χ1v) is 12.9. The van der Waals surface area contributed by atoms with E-state index in [4.69, 9.17) is 0 Å². The topological polar surface area (TPSA) is 109 Å². The predicted octanol–water partition coefficient (Wildman–Crippen LogP) is 1.84. The van der Waals surface area contributed by atoms with Crippen molar-refractivity contribution in [2.24, 2.45) is 0 Å². The third-order valence-corrected chi connectivity index (χ3v) is 7.60. The quantitative estimate of drug-likeness (QED) is 0.609. The molecule has 1 heterocycles. The maximum absolute atomic E-state index is 12.6. The Morgan fingerprint density at radius 3 is 2.03 bits per heavy atom. The number of allylic oxidation sites excluding steroid dienone is 4. The summed E-state index contributed by atoms with van der Waals surface area (Å²) in [5.41, 5.74) is 1.81. The average Bonchev–Trinajstić information content (AvgIpc) is 2.94. The van der Waals surface area contributed by atoms with Crippen LogP contribution in [0, 0.1) is 0 Å². The van der Waals surface area contributed by atoms with Crippen LogP contribution in [0.5, 0.6) is 0 Å². The lowest BCUT2D eigenvalue weighted by Crippen LogP contribution is -2.29. The highest BCUT2D eigenvalue weighted by Gasteiger charge is 2.17. The molecule has 1 aromatic rings. The van der Waals surface area contributed by atoms with Crippen molar-refractivity contribution in [2.45, 2.75) is 25.4 Å². The molecule has 0 radical (unpaired) electrons. The molecule has 0 saturated heterocycles. The van der Waals surface area contributed by atoms with Crippen LogP contribution < -0.4 is 10.6 Å². The molecule has 0 aromatic heterocycles. The van der Waals surface area contributed by atoms with Gasteiger partial charge >= 0.3 is 0 Å². The summed E-state index contributed by atoms with van der Waals surface area (Å²) < 4.78 is 48.1. The number of hydrogen-bond acceptors (Lipinski definition) is 6. The molecule has 1 aromatic carbocycles. The summed E-state index contributed by atoms with van der Waals surface area (Å²) in [6.07, 6.45) is 9.07. The average molecular weight is 439 g/mol. The monoisotopic (exact) mass is 438 g/mol. The zero-order chi connectivity index (χ0) is 21.5. The third-order valence-electron chi connectivity index (χ3n) is 4.29. The molecule has 0 fully saturated rings. The first-order chi connectivity index (χ1) is 13.6. The van der Waals surface area contributed by atoms with E-state index in [2.05, 4.69) is 10.6 Å². The van der Waals surface area contributed by atoms with Crippen LogP contribution in [-0.2, 0) is 31.2 Å². The minimum atomic E-state index is -3.33. The zero-order valence-electron chi connectivity index (χ0n) is 16.5. The van der Waals surface area contributed by atoms with Gasteiger partial charge in [-0.05, 0) is 35.4 Å². The second kappa shape index (κ2) is 9.89. The largest absolute Gasteiger partial charge is 0.364 e. The third kappa shape index (κ3) is 7.51. The molecule has 2 rings (SSSR count). The van der Waals surface area contributed by atoms with Gasteiger partial charge in [-0.15, -0.1) is 0 Å². The van der Waals surface area contributed by atoms with Crippen molar-refractivity contribution < 1.29 is 21.6 Å². The van der Waals surface area contributed by atoms with E-state index in [1.807, 2.05) is 24.3 Å². The second-order valence-electron chi connectivity index (χ2n) is 6.65. The first-order valence-electron chi connectivity index (χ1n) is 9.25. The molecule has 0 saturated carbocycles.